The Bertz CT molecular complexity index is 1090. The molecule has 3 heterocycles. The summed E-state index contributed by atoms with van der Waals surface area (Å²) in [6.45, 7) is 4.72. The van der Waals surface area contributed by atoms with E-state index in [0.717, 1.165) is 22.3 Å². The minimum absolute atomic E-state index is 0.0931. The number of nitrogens with one attached hydrogen (secondary N) is 1. The number of hydrogen-bond acceptors (Lipinski definition) is 6. The number of likely N-dealkylation sites (tertiary alicyclic amines) is 1. The molecule has 0 unspecified atom stereocenters. The quantitative estimate of drug-likeness (QED) is 0.691. The Hall–Kier alpha value is -3.20. The number of para-hydroxylation sites is 1. The third kappa shape index (κ3) is 3.38. The molecule has 1 aromatic carbocycles. The molecule has 0 aliphatic carbocycles. The molecule has 0 radical (unpaired) electrons. The molecule has 29 heavy (non-hydrogen) atoms. The number of thiophene rings is 1. The van der Waals surface area contributed by atoms with Crippen molar-refractivity contribution in [1.29, 1.82) is 0 Å². The van der Waals surface area contributed by atoms with Gasteiger partial charge in [-0.25, -0.2) is 4.79 Å². The van der Waals surface area contributed by atoms with Gasteiger partial charge >= 0.3 is 6.03 Å². The van der Waals surface area contributed by atoms with E-state index in [1.54, 1.807) is 16.8 Å². The van der Waals surface area contributed by atoms with E-state index >= 15 is 0 Å². The van der Waals surface area contributed by atoms with Crippen LogP contribution in [0.15, 0.2) is 30.3 Å². The predicted molar refractivity (Wildman–Crippen MR) is 114 cm³/mol. The molecule has 8 nitrogen and oxygen atoms in total. The minimum atomic E-state index is -0.240. The average molecular weight is 411 g/mol. The molecule has 0 spiro atoms. The van der Waals surface area contributed by atoms with Crippen molar-refractivity contribution in [2.45, 2.75) is 19.9 Å². The first-order valence-electron chi connectivity index (χ1n) is 9.27. The van der Waals surface area contributed by atoms with Crippen LogP contribution in [0.25, 0.3) is 10.2 Å². The van der Waals surface area contributed by atoms with E-state index < -0.39 is 0 Å². The smallest absolute Gasteiger partial charge is 0.324 e. The molecule has 1 aliphatic rings. The van der Waals surface area contributed by atoms with E-state index in [-0.39, 0.29) is 18.0 Å². The lowest BCUT2D eigenvalue weighted by atomic mass is 10.1. The fourth-order valence-corrected chi connectivity index (χ4v) is 4.36. The van der Waals surface area contributed by atoms with Crippen LogP contribution >= 0.6 is 11.3 Å². The lowest BCUT2D eigenvalue weighted by Crippen LogP contribution is -2.63. The van der Waals surface area contributed by atoms with Gasteiger partial charge in [-0.3, -0.25) is 9.69 Å². The normalized spacial score (nSPS) is 14.0. The van der Waals surface area contributed by atoms with Crippen molar-refractivity contribution in [1.82, 2.24) is 20.4 Å². The Morgan fingerprint density at radius 1 is 1.21 bits per heavy atom. The van der Waals surface area contributed by atoms with Gasteiger partial charge < -0.3 is 16.0 Å². The highest BCUT2D eigenvalue weighted by Gasteiger charge is 2.34. The van der Waals surface area contributed by atoms with E-state index in [1.807, 2.05) is 44.2 Å². The van der Waals surface area contributed by atoms with Crippen LogP contribution in [0.3, 0.4) is 0 Å². The molecule has 1 fully saturated rings. The standard InChI is InChI=1S/C20H22N6O2S/c1-11-12(2)23-24-19-15(11)16(21)17(29-19)18(27)22-13-9-26(10-13)20(28)25(3)14-7-5-4-6-8-14/h4-8,13H,9-10,21H2,1-3H3,(H,22,27). The molecule has 150 valence electrons. The maximum atomic E-state index is 12.7. The average Bonchev–Trinajstić information content (AvgIpc) is 3.04. The number of rotatable bonds is 3. The lowest BCUT2D eigenvalue weighted by Gasteiger charge is -2.41. The van der Waals surface area contributed by atoms with Gasteiger partial charge in [0.2, 0.25) is 0 Å². The fraction of sp³-hybridized carbons (Fsp3) is 0.300. The van der Waals surface area contributed by atoms with Gasteiger partial charge in [0.15, 0.2) is 0 Å². The van der Waals surface area contributed by atoms with Crippen molar-refractivity contribution in [2.24, 2.45) is 0 Å². The number of urea groups is 1. The Morgan fingerprint density at radius 3 is 2.59 bits per heavy atom. The molecule has 3 aromatic rings. The molecule has 3 amide bonds. The van der Waals surface area contributed by atoms with Crippen LogP contribution in [-0.4, -0.2) is 53.2 Å². The molecular formula is C20H22N6O2S. The molecule has 2 aromatic heterocycles. The number of carbonyl (C=O) groups is 2. The first-order chi connectivity index (χ1) is 13.9. The summed E-state index contributed by atoms with van der Waals surface area (Å²) in [5.74, 6) is -0.240. The minimum Gasteiger partial charge on any atom is -0.397 e. The first-order valence-corrected chi connectivity index (χ1v) is 10.1. The summed E-state index contributed by atoms with van der Waals surface area (Å²) in [5.41, 5.74) is 9.24. The second-order valence-electron chi connectivity index (χ2n) is 7.19. The number of nitrogen functional groups attached to an aromatic ring is 1. The van der Waals surface area contributed by atoms with Gasteiger partial charge in [-0.15, -0.1) is 16.4 Å². The number of aromatic nitrogens is 2. The van der Waals surface area contributed by atoms with Gasteiger partial charge in [0.25, 0.3) is 5.91 Å². The zero-order valence-corrected chi connectivity index (χ0v) is 17.3. The highest BCUT2D eigenvalue weighted by atomic mass is 32.1. The molecule has 0 atom stereocenters. The van der Waals surface area contributed by atoms with Gasteiger partial charge in [0.1, 0.15) is 9.71 Å². The van der Waals surface area contributed by atoms with E-state index in [2.05, 4.69) is 15.5 Å². The topological polar surface area (TPSA) is 104 Å². The van der Waals surface area contributed by atoms with Gasteiger partial charge in [0, 0.05) is 31.2 Å². The van der Waals surface area contributed by atoms with Gasteiger partial charge in [-0.2, -0.15) is 5.10 Å². The van der Waals surface area contributed by atoms with E-state index in [9.17, 15) is 9.59 Å². The number of fused-ring (bicyclic) bond motifs is 1. The van der Waals surface area contributed by atoms with Crippen molar-refractivity contribution in [3.05, 3.63) is 46.5 Å². The number of hydrogen-bond donors (Lipinski definition) is 2. The zero-order chi connectivity index (χ0) is 20.7. The van der Waals surface area contributed by atoms with Crippen molar-refractivity contribution >= 4 is 44.9 Å². The number of benzene rings is 1. The SMILES string of the molecule is Cc1nnc2sc(C(=O)NC3CN(C(=O)N(C)c4ccccc4)C3)c(N)c2c1C. The van der Waals surface area contributed by atoms with Crippen LogP contribution < -0.4 is 16.0 Å². The Labute approximate surface area is 172 Å². The van der Waals surface area contributed by atoms with Crippen molar-refractivity contribution in [3.63, 3.8) is 0 Å². The van der Waals surface area contributed by atoms with E-state index in [4.69, 9.17) is 5.73 Å². The molecule has 0 saturated carbocycles. The fourth-order valence-electron chi connectivity index (χ4n) is 3.36. The first kappa shape index (κ1) is 19.1. The van der Waals surface area contributed by atoms with Crippen LogP contribution in [0.2, 0.25) is 0 Å². The molecule has 1 aliphatic heterocycles. The van der Waals surface area contributed by atoms with Crippen molar-refractivity contribution in [3.8, 4) is 0 Å². The summed E-state index contributed by atoms with van der Waals surface area (Å²) in [7, 11) is 1.74. The number of anilines is 2. The van der Waals surface area contributed by atoms with E-state index in [1.165, 1.54) is 11.3 Å². The molecule has 9 heteroatoms. The number of amides is 3. The largest absolute Gasteiger partial charge is 0.397 e. The molecular weight excluding hydrogens is 388 g/mol. The number of carbonyl (C=O) groups excluding carboxylic acids is 2. The second kappa shape index (κ2) is 7.32. The summed E-state index contributed by atoms with van der Waals surface area (Å²) < 4.78 is 0. The summed E-state index contributed by atoms with van der Waals surface area (Å²) in [6.07, 6.45) is 0. The van der Waals surface area contributed by atoms with Crippen LogP contribution in [0.5, 0.6) is 0 Å². The highest BCUT2D eigenvalue weighted by Crippen LogP contribution is 2.35. The summed E-state index contributed by atoms with van der Waals surface area (Å²) in [4.78, 5) is 29.7. The third-order valence-electron chi connectivity index (χ3n) is 5.26. The summed E-state index contributed by atoms with van der Waals surface area (Å²) in [5, 5.41) is 12.0. The van der Waals surface area contributed by atoms with Gasteiger partial charge in [-0.05, 0) is 31.5 Å². The van der Waals surface area contributed by atoms with Crippen molar-refractivity contribution < 1.29 is 9.59 Å². The van der Waals surface area contributed by atoms with Crippen LogP contribution in [0, 0.1) is 13.8 Å². The van der Waals surface area contributed by atoms with Crippen LogP contribution in [0.1, 0.15) is 20.9 Å². The monoisotopic (exact) mass is 410 g/mol. The van der Waals surface area contributed by atoms with Gasteiger partial charge in [0.05, 0.1) is 17.4 Å². The second-order valence-corrected chi connectivity index (χ2v) is 8.19. The van der Waals surface area contributed by atoms with Crippen LogP contribution in [-0.2, 0) is 0 Å². The zero-order valence-electron chi connectivity index (χ0n) is 16.5. The highest BCUT2D eigenvalue weighted by molar-refractivity contribution is 7.21. The van der Waals surface area contributed by atoms with E-state index in [0.29, 0.717) is 28.5 Å². The Morgan fingerprint density at radius 2 is 1.90 bits per heavy atom. The number of nitrogens with two attached hydrogens (primary N) is 1. The Kier molecular flexibility index (Phi) is 4.83. The summed E-state index contributed by atoms with van der Waals surface area (Å²) >= 11 is 1.24. The predicted octanol–water partition coefficient (Wildman–Crippen LogP) is 2.56. The lowest BCUT2D eigenvalue weighted by molar-refractivity contribution is 0.0865. The molecule has 4 rings (SSSR count). The van der Waals surface area contributed by atoms with Crippen molar-refractivity contribution in [2.75, 3.05) is 30.8 Å². The molecule has 1 saturated heterocycles. The van der Waals surface area contributed by atoms with Crippen LogP contribution in [0.4, 0.5) is 16.2 Å². The number of nitrogens with zero attached hydrogens (tertiary/aromatic N) is 4. The van der Waals surface area contributed by atoms with Gasteiger partial charge in [-0.1, -0.05) is 18.2 Å². The maximum Gasteiger partial charge on any atom is 0.324 e. The summed E-state index contributed by atoms with van der Waals surface area (Å²) in [6, 6.07) is 9.26. The molecule has 3 N–H and O–H groups in total. The number of aryl methyl sites for hydroxylation is 2. The maximum absolute atomic E-state index is 12.7. The Balaban J connectivity index is 1.40. The molecule has 0 bridgehead atoms. The third-order valence-corrected chi connectivity index (χ3v) is 6.35.